The van der Waals surface area contributed by atoms with Crippen LogP contribution in [0.4, 0.5) is 8.78 Å². The minimum Gasteiger partial charge on any atom is -0.324 e. The lowest BCUT2D eigenvalue weighted by Gasteiger charge is -2.21. The minimum absolute atomic E-state index is 0.0297. The van der Waals surface area contributed by atoms with Gasteiger partial charge in [-0.2, -0.15) is 0 Å². The van der Waals surface area contributed by atoms with E-state index in [0.29, 0.717) is 0 Å². The number of hydrogen-bond donors (Lipinski definition) is 1. The average Bonchev–Trinajstić information content (AvgIpc) is 2.17. The molecule has 4 heteroatoms. The van der Waals surface area contributed by atoms with Gasteiger partial charge in [0.25, 0.3) is 6.43 Å². The molecule has 1 atom stereocenters. The lowest BCUT2D eigenvalue weighted by Crippen LogP contribution is -2.19. The third-order valence-corrected chi connectivity index (χ3v) is 2.58. The first kappa shape index (κ1) is 9.52. The summed E-state index contributed by atoms with van der Waals surface area (Å²) in [6.45, 7) is 0. The Bertz CT molecular complexity index is 339. The standard InChI is InChI=1S/C10H12F2N2/c11-10(12)9-5-4-6-7(13)2-1-3-8(6)14-9/h4-5,7,10H,1-3,13H2/t7-/m0/s1. The van der Waals surface area contributed by atoms with Crippen LogP contribution in [0.15, 0.2) is 12.1 Å². The molecule has 1 aromatic rings. The van der Waals surface area contributed by atoms with E-state index < -0.39 is 6.43 Å². The van der Waals surface area contributed by atoms with Gasteiger partial charge >= 0.3 is 0 Å². The quantitative estimate of drug-likeness (QED) is 0.752. The number of fused-ring (bicyclic) bond motifs is 1. The van der Waals surface area contributed by atoms with E-state index in [1.807, 2.05) is 0 Å². The van der Waals surface area contributed by atoms with Crippen LogP contribution in [0.3, 0.4) is 0 Å². The van der Waals surface area contributed by atoms with Crippen LogP contribution in [0, 0.1) is 0 Å². The van der Waals surface area contributed by atoms with Gasteiger partial charge in [-0.15, -0.1) is 0 Å². The van der Waals surface area contributed by atoms with Crippen molar-refractivity contribution in [3.05, 3.63) is 29.1 Å². The summed E-state index contributed by atoms with van der Waals surface area (Å²) in [7, 11) is 0. The van der Waals surface area contributed by atoms with Crippen molar-refractivity contribution in [2.24, 2.45) is 5.73 Å². The largest absolute Gasteiger partial charge is 0.324 e. The van der Waals surface area contributed by atoms with Crippen molar-refractivity contribution < 1.29 is 8.78 Å². The maximum absolute atomic E-state index is 12.3. The van der Waals surface area contributed by atoms with Crippen molar-refractivity contribution in [3.8, 4) is 0 Å². The van der Waals surface area contributed by atoms with E-state index in [2.05, 4.69) is 4.98 Å². The topological polar surface area (TPSA) is 38.9 Å². The second kappa shape index (κ2) is 3.61. The van der Waals surface area contributed by atoms with Crippen LogP contribution in [0.1, 0.15) is 42.3 Å². The van der Waals surface area contributed by atoms with Gasteiger partial charge < -0.3 is 5.73 Å². The molecule has 0 amide bonds. The monoisotopic (exact) mass is 198 g/mol. The minimum atomic E-state index is -2.49. The maximum atomic E-state index is 12.3. The Balaban J connectivity index is 2.39. The highest BCUT2D eigenvalue weighted by Gasteiger charge is 2.19. The molecule has 2 nitrogen and oxygen atoms in total. The number of nitrogens with zero attached hydrogens (tertiary/aromatic N) is 1. The smallest absolute Gasteiger partial charge is 0.280 e. The lowest BCUT2D eigenvalue weighted by molar-refractivity contribution is 0.145. The SMILES string of the molecule is N[C@H]1CCCc2nc(C(F)F)ccc21. The number of rotatable bonds is 1. The molecule has 0 aromatic carbocycles. The number of halogens is 2. The van der Waals surface area contributed by atoms with Gasteiger partial charge in [0.1, 0.15) is 5.69 Å². The van der Waals surface area contributed by atoms with Gasteiger partial charge in [0.2, 0.25) is 0 Å². The van der Waals surface area contributed by atoms with E-state index in [1.165, 1.54) is 6.07 Å². The van der Waals surface area contributed by atoms with Gasteiger partial charge in [-0.05, 0) is 30.9 Å². The molecule has 1 heterocycles. The van der Waals surface area contributed by atoms with Crippen molar-refractivity contribution in [3.63, 3.8) is 0 Å². The summed E-state index contributed by atoms with van der Waals surface area (Å²) in [6.07, 6.45) is 0.138. The van der Waals surface area contributed by atoms with E-state index in [0.717, 1.165) is 30.5 Å². The molecule has 0 bridgehead atoms. The number of aromatic nitrogens is 1. The van der Waals surface area contributed by atoms with Gasteiger partial charge in [0, 0.05) is 11.7 Å². The molecule has 0 aliphatic heterocycles. The van der Waals surface area contributed by atoms with Crippen LogP contribution < -0.4 is 5.73 Å². The third-order valence-electron chi connectivity index (χ3n) is 2.58. The van der Waals surface area contributed by atoms with E-state index in [9.17, 15) is 8.78 Å². The van der Waals surface area contributed by atoms with E-state index in [4.69, 9.17) is 5.73 Å². The predicted octanol–water partition coefficient (Wildman–Crippen LogP) is 2.36. The second-order valence-corrected chi connectivity index (χ2v) is 3.57. The Morgan fingerprint density at radius 2 is 2.21 bits per heavy atom. The van der Waals surface area contributed by atoms with Crippen molar-refractivity contribution in [1.29, 1.82) is 0 Å². The Hall–Kier alpha value is -1.03. The van der Waals surface area contributed by atoms with Gasteiger partial charge in [0.15, 0.2) is 0 Å². The third kappa shape index (κ3) is 1.62. The summed E-state index contributed by atoms with van der Waals surface area (Å²) >= 11 is 0. The molecule has 0 radical (unpaired) electrons. The first-order valence-corrected chi connectivity index (χ1v) is 4.72. The lowest BCUT2D eigenvalue weighted by atomic mass is 9.92. The van der Waals surface area contributed by atoms with Crippen LogP contribution >= 0.6 is 0 Å². The van der Waals surface area contributed by atoms with Crippen molar-refractivity contribution in [2.45, 2.75) is 31.7 Å². The van der Waals surface area contributed by atoms with Crippen LogP contribution in [-0.4, -0.2) is 4.98 Å². The molecule has 0 saturated heterocycles. The second-order valence-electron chi connectivity index (χ2n) is 3.57. The number of aryl methyl sites for hydroxylation is 1. The zero-order valence-electron chi connectivity index (χ0n) is 7.71. The zero-order chi connectivity index (χ0) is 10.1. The number of pyridine rings is 1. The van der Waals surface area contributed by atoms with Crippen LogP contribution in [0.25, 0.3) is 0 Å². The molecule has 2 N–H and O–H groups in total. The fourth-order valence-electron chi connectivity index (χ4n) is 1.83. The fraction of sp³-hybridized carbons (Fsp3) is 0.500. The van der Waals surface area contributed by atoms with Gasteiger partial charge in [-0.3, -0.25) is 4.98 Å². The first-order valence-electron chi connectivity index (χ1n) is 4.72. The normalized spacial score (nSPS) is 21.0. The Labute approximate surface area is 81.1 Å². The van der Waals surface area contributed by atoms with Crippen molar-refractivity contribution >= 4 is 0 Å². The van der Waals surface area contributed by atoms with Crippen molar-refractivity contribution in [1.82, 2.24) is 4.98 Å². The highest BCUT2D eigenvalue weighted by molar-refractivity contribution is 5.28. The molecule has 1 aliphatic carbocycles. The molecular formula is C10H12F2N2. The van der Waals surface area contributed by atoms with Gasteiger partial charge in [-0.25, -0.2) is 8.78 Å². The molecular weight excluding hydrogens is 186 g/mol. The molecule has 1 aliphatic rings. The van der Waals surface area contributed by atoms with Gasteiger partial charge in [-0.1, -0.05) is 6.07 Å². The Kier molecular flexibility index (Phi) is 2.46. The summed E-state index contributed by atoms with van der Waals surface area (Å²) in [5.41, 5.74) is 7.39. The molecule has 0 spiro atoms. The fourth-order valence-corrected chi connectivity index (χ4v) is 1.83. The van der Waals surface area contributed by atoms with Crippen molar-refractivity contribution in [2.75, 3.05) is 0 Å². The maximum Gasteiger partial charge on any atom is 0.280 e. The number of hydrogen-bond acceptors (Lipinski definition) is 2. The summed E-state index contributed by atoms with van der Waals surface area (Å²) < 4.78 is 24.7. The molecule has 0 fully saturated rings. The number of alkyl halides is 2. The van der Waals surface area contributed by atoms with E-state index >= 15 is 0 Å². The predicted molar refractivity (Wildman–Crippen MR) is 49.1 cm³/mol. The summed E-state index contributed by atoms with van der Waals surface area (Å²) in [5.74, 6) is 0. The van der Waals surface area contributed by atoms with E-state index in [-0.39, 0.29) is 11.7 Å². The van der Waals surface area contributed by atoms with E-state index in [1.54, 1.807) is 6.07 Å². The molecule has 14 heavy (non-hydrogen) atoms. The van der Waals surface area contributed by atoms with Gasteiger partial charge in [0.05, 0.1) is 0 Å². The highest BCUT2D eigenvalue weighted by atomic mass is 19.3. The average molecular weight is 198 g/mol. The zero-order valence-corrected chi connectivity index (χ0v) is 7.71. The first-order chi connectivity index (χ1) is 6.68. The molecule has 0 unspecified atom stereocenters. The van der Waals surface area contributed by atoms with Crippen LogP contribution in [0.5, 0.6) is 0 Å². The molecule has 1 aromatic heterocycles. The number of nitrogens with two attached hydrogens (primary N) is 1. The van der Waals surface area contributed by atoms with Crippen LogP contribution in [-0.2, 0) is 6.42 Å². The van der Waals surface area contributed by atoms with Crippen LogP contribution in [0.2, 0.25) is 0 Å². The Morgan fingerprint density at radius 1 is 1.43 bits per heavy atom. The molecule has 2 rings (SSSR count). The Morgan fingerprint density at radius 3 is 2.93 bits per heavy atom. The summed E-state index contributed by atoms with van der Waals surface area (Å²) in [4.78, 5) is 3.93. The summed E-state index contributed by atoms with van der Waals surface area (Å²) in [5, 5.41) is 0. The highest BCUT2D eigenvalue weighted by Crippen LogP contribution is 2.28. The summed E-state index contributed by atoms with van der Waals surface area (Å²) in [6, 6.07) is 3.03. The molecule has 76 valence electrons. The molecule has 0 saturated carbocycles.